The van der Waals surface area contributed by atoms with Gasteiger partial charge in [-0.3, -0.25) is 0 Å². The zero-order valence-corrected chi connectivity index (χ0v) is 6.34. The van der Waals surface area contributed by atoms with Crippen LogP contribution in [-0.2, 0) is 0 Å². The maximum absolute atomic E-state index is 3.32. The fourth-order valence-corrected chi connectivity index (χ4v) is 1.85. The molecule has 1 heteroatoms. The summed E-state index contributed by atoms with van der Waals surface area (Å²) in [4.78, 5) is 0. The molecule has 0 radical (unpaired) electrons. The van der Waals surface area contributed by atoms with Crippen LogP contribution in [0.4, 0.5) is 0 Å². The van der Waals surface area contributed by atoms with E-state index in [9.17, 15) is 0 Å². The molecule has 1 heterocycles. The molecule has 10 heavy (non-hydrogen) atoms. The van der Waals surface area contributed by atoms with E-state index >= 15 is 0 Å². The second-order valence-electron chi connectivity index (χ2n) is 3.44. The Kier molecular flexibility index (Phi) is 1.76. The van der Waals surface area contributed by atoms with Crippen molar-refractivity contribution in [2.45, 2.75) is 19.3 Å². The third kappa shape index (κ3) is 1.10. The average molecular weight is 137 g/mol. The summed E-state index contributed by atoms with van der Waals surface area (Å²) in [7, 11) is 0. The molecule has 2 aliphatic rings. The highest BCUT2D eigenvalue weighted by atomic mass is 14.9. The van der Waals surface area contributed by atoms with Crippen molar-refractivity contribution in [3.8, 4) is 0 Å². The van der Waals surface area contributed by atoms with Crippen LogP contribution in [0.2, 0.25) is 0 Å². The Morgan fingerprint density at radius 2 is 2.20 bits per heavy atom. The fourth-order valence-electron chi connectivity index (χ4n) is 1.85. The number of rotatable bonds is 1. The van der Waals surface area contributed by atoms with Crippen LogP contribution < -0.4 is 5.32 Å². The molecule has 1 saturated heterocycles. The Bertz CT molecular complexity index is 136. The minimum absolute atomic E-state index is 0.912. The van der Waals surface area contributed by atoms with Crippen molar-refractivity contribution in [1.29, 1.82) is 0 Å². The third-order valence-electron chi connectivity index (χ3n) is 2.71. The number of hydrogen-bond acceptors (Lipinski definition) is 1. The topological polar surface area (TPSA) is 12.0 Å². The molecule has 0 saturated carbocycles. The summed E-state index contributed by atoms with van der Waals surface area (Å²) in [6, 6.07) is 0. The van der Waals surface area contributed by atoms with Gasteiger partial charge in [0.15, 0.2) is 0 Å². The first-order chi connectivity index (χ1) is 4.97. The standard InChI is InChI=1S/C9H15N/c1-2-4-8(5-3-1)9-6-10-7-9/h2,4,8-10H,1,3,5-7H2. The van der Waals surface area contributed by atoms with Crippen LogP contribution in [0.1, 0.15) is 19.3 Å². The zero-order chi connectivity index (χ0) is 6.81. The van der Waals surface area contributed by atoms with Gasteiger partial charge in [-0.1, -0.05) is 12.2 Å². The number of hydrogen-bond donors (Lipinski definition) is 1. The van der Waals surface area contributed by atoms with Gasteiger partial charge in [-0.25, -0.2) is 0 Å². The molecule has 0 amide bonds. The summed E-state index contributed by atoms with van der Waals surface area (Å²) in [6.07, 6.45) is 8.94. The van der Waals surface area contributed by atoms with Crippen LogP contribution in [0.3, 0.4) is 0 Å². The molecule has 0 spiro atoms. The van der Waals surface area contributed by atoms with Crippen molar-refractivity contribution in [3.05, 3.63) is 12.2 Å². The number of allylic oxidation sites excluding steroid dienone is 2. The molecule has 1 atom stereocenters. The molecule has 0 aromatic heterocycles. The summed E-state index contributed by atoms with van der Waals surface area (Å²) in [5.74, 6) is 1.88. The lowest BCUT2D eigenvalue weighted by Gasteiger charge is -2.34. The first-order valence-corrected chi connectivity index (χ1v) is 4.34. The van der Waals surface area contributed by atoms with Crippen molar-refractivity contribution in [3.63, 3.8) is 0 Å². The highest BCUT2D eigenvalue weighted by Crippen LogP contribution is 2.26. The summed E-state index contributed by atoms with van der Waals surface area (Å²) in [6.45, 7) is 2.52. The van der Waals surface area contributed by atoms with Crippen LogP contribution in [0.15, 0.2) is 12.2 Å². The third-order valence-corrected chi connectivity index (χ3v) is 2.71. The molecule has 1 fully saturated rings. The molecule has 1 nitrogen and oxygen atoms in total. The lowest BCUT2D eigenvalue weighted by Crippen LogP contribution is -2.45. The Labute approximate surface area is 62.5 Å². The van der Waals surface area contributed by atoms with Crippen molar-refractivity contribution < 1.29 is 0 Å². The Hall–Kier alpha value is -0.300. The first kappa shape index (κ1) is 6.41. The number of nitrogens with one attached hydrogen (secondary N) is 1. The predicted octanol–water partition coefficient (Wildman–Crippen LogP) is 1.56. The van der Waals surface area contributed by atoms with E-state index in [0.717, 1.165) is 11.8 Å². The Balaban J connectivity index is 1.90. The normalized spacial score (nSPS) is 33.8. The molecule has 0 aromatic carbocycles. The highest BCUT2D eigenvalue weighted by Gasteiger charge is 2.25. The predicted molar refractivity (Wildman–Crippen MR) is 42.8 cm³/mol. The van der Waals surface area contributed by atoms with Crippen molar-refractivity contribution in [2.24, 2.45) is 11.8 Å². The Morgan fingerprint density at radius 3 is 2.70 bits per heavy atom. The van der Waals surface area contributed by atoms with Crippen LogP contribution in [0.5, 0.6) is 0 Å². The van der Waals surface area contributed by atoms with Crippen molar-refractivity contribution in [1.82, 2.24) is 5.32 Å². The molecule has 2 rings (SSSR count). The summed E-state index contributed by atoms with van der Waals surface area (Å²) in [5, 5.41) is 3.32. The van der Waals surface area contributed by atoms with E-state index in [0.29, 0.717) is 0 Å². The second-order valence-corrected chi connectivity index (χ2v) is 3.44. The van der Waals surface area contributed by atoms with E-state index in [4.69, 9.17) is 0 Å². The van der Waals surface area contributed by atoms with Crippen LogP contribution >= 0.6 is 0 Å². The average Bonchev–Trinajstić information content (AvgIpc) is 1.86. The SMILES string of the molecule is C1=CC(C2CNC2)CCC1. The summed E-state index contributed by atoms with van der Waals surface area (Å²) >= 11 is 0. The van der Waals surface area contributed by atoms with Crippen molar-refractivity contribution >= 4 is 0 Å². The molecular formula is C9H15N. The summed E-state index contributed by atoms with van der Waals surface area (Å²) < 4.78 is 0. The van der Waals surface area contributed by atoms with Gasteiger partial charge < -0.3 is 5.32 Å². The van der Waals surface area contributed by atoms with Crippen LogP contribution in [0, 0.1) is 11.8 Å². The molecule has 1 aliphatic heterocycles. The zero-order valence-electron chi connectivity index (χ0n) is 6.34. The van der Waals surface area contributed by atoms with E-state index in [1.54, 1.807) is 0 Å². The largest absolute Gasteiger partial charge is 0.316 e. The minimum atomic E-state index is 0.912. The van der Waals surface area contributed by atoms with Crippen LogP contribution in [-0.4, -0.2) is 13.1 Å². The molecule has 1 N–H and O–H groups in total. The monoisotopic (exact) mass is 137 g/mol. The minimum Gasteiger partial charge on any atom is -0.316 e. The van der Waals surface area contributed by atoms with Crippen molar-refractivity contribution in [2.75, 3.05) is 13.1 Å². The highest BCUT2D eigenvalue weighted by molar-refractivity contribution is 4.98. The van der Waals surface area contributed by atoms with Gasteiger partial charge in [-0.05, 0) is 44.2 Å². The molecule has 1 unspecified atom stereocenters. The smallest absolute Gasteiger partial charge is 0.000260 e. The van der Waals surface area contributed by atoms with E-state index < -0.39 is 0 Å². The van der Waals surface area contributed by atoms with Gasteiger partial charge in [0.05, 0.1) is 0 Å². The lowest BCUT2D eigenvalue weighted by molar-refractivity contribution is 0.253. The Morgan fingerprint density at radius 1 is 1.30 bits per heavy atom. The maximum atomic E-state index is 3.32. The van der Waals surface area contributed by atoms with Gasteiger partial charge in [-0.2, -0.15) is 0 Å². The van der Waals surface area contributed by atoms with Gasteiger partial charge in [0.2, 0.25) is 0 Å². The summed E-state index contributed by atoms with van der Waals surface area (Å²) in [5.41, 5.74) is 0. The second kappa shape index (κ2) is 2.75. The maximum Gasteiger partial charge on any atom is -0.000260 e. The van der Waals surface area contributed by atoms with Gasteiger partial charge in [0, 0.05) is 0 Å². The van der Waals surface area contributed by atoms with Crippen LogP contribution in [0.25, 0.3) is 0 Å². The lowest BCUT2D eigenvalue weighted by atomic mass is 9.81. The quantitative estimate of drug-likeness (QED) is 0.541. The van der Waals surface area contributed by atoms with E-state index in [1.807, 2.05) is 0 Å². The fraction of sp³-hybridized carbons (Fsp3) is 0.778. The van der Waals surface area contributed by atoms with Gasteiger partial charge in [0.1, 0.15) is 0 Å². The van der Waals surface area contributed by atoms with E-state index in [2.05, 4.69) is 17.5 Å². The van der Waals surface area contributed by atoms with E-state index in [1.165, 1.54) is 32.4 Å². The molecule has 56 valence electrons. The van der Waals surface area contributed by atoms with Gasteiger partial charge >= 0.3 is 0 Å². The first-order valence-electron chi connectivity index (χ1n) is 4.34. The molecular weight excluding hydrogens is 122 g/mol. The van der Waals surface area contributed by atoms with E-state index in [-0.39, 0.29) is 0 Å². The molecule has 1 aliphatic carbocycles. The van der Waals surface area contributed by atoms with Gasteiger partial charge in [-0.15, -0.1) is 0 Å². The molecule has 0 aromatic rings. The van der Waals surface area contributed by atoms with Gasteiger partial charge in [0.25, 0.3) is 0 Å². The molecule has 0 bridgehead atoms.